The molecule has 0 saturated heterocycles. The molecule has 1 aliphatic carbocycles. The van der Waals surface area contributed by atoms with E-state index in [2.05, 4.69) is 16.9 Å². The molecular weight excluding hydrogens is 314 g/mol. The molecule has 0 atom stereocenters. The third kappa shape index (κ3) is 3.06. The third-order valence-electron chi connectivity index (χ3n) is 4.82. The molecule has 0 unspecified atom stereocenters. The highest BCUT2D eigenvalue weighted by molar-refractivity contribution is 5.89. The quantitative estimate of drug-likeness (QED) is 0.744. The van der Waals surface area contributed by atoms with E-state index in [1.54, 1.807) is 7.11 Å². The normalized spacial score (nSPS) is 15.0. The summed E-state index contributed by atoms with van der Waals surface area (Å²) in [4.78, 5) is 12.6. The Kier molecular flexibility index (Phi) is 4.30. The molecule has 2 aromatic heterocycles. The van der Waals surface area contributed by atoms with E-state index in [9.17, 15) is 0 Å². The van der Waals surface area contributed by atoms with Crippen molar-refractivity contribution in [2.75, 3.05) is 7.11 Å². The Bertz CT molecular complexity index is 882. The first kappa shape index (κ1) is 15.9. The summed E-state index contributed by atoms with van der Waals surface area (Å²) < 4.78 is 11.7. The smallest absolute Gasteiger partial charge is 0.162 e. The minimum atomic E-state index is 0.282. The first-order valence-electron chi connectivity index (χ1n) is 8.97. The molecule has 1 aromatic carbocycles. The first-order valence-corrected chi connectivity index (χ1v) is 8.97. The van der Waals surface area contributed by atoms with Gasteiger partial charge < -0.3 is 14.5 Å². The van der Waals surface area contributed by atoms with Gasteiger partial charge >= 0.3 is 0 Å². The van der Waals surface area contributed by atoms with Crippen LogP contribution in [0.15, 0.2) is 30.5 Å². The van der Waals surface area contributed by atoms with E-state index in [4.69, 9.17) is 14.5 Å². The Morgan fingerprint density at radius 2 is 2.00 bits per heavy atom. The number of hydrogen-bond donors (Lipinski definition) is 1. The molecule has 1 fully saturated rings. The summed E-state index contributed by atoms with van der Waals surface area (Å²) in [6.45, 7) is 2.09. The van der Waals surface area contributed by atoms with E-state index in [-0.39, 0.29) is 6.10 Å². The van der Waals surface area contributed by atoms with Gasteiger partial charge in [-0.1, -0.05) is 6.92 Å². The van der Waals surface area contributed by atoms with Crippen LogP contribution in [0.2, 0.25) is 0 Å². The fourth-order valence-corrected chi connectivity index (χ4v) is 3.47. The SMILES string of the molecule is CCc1nc2c(-c3ccc(OC)c(OC4CCCC4)c3)nccc2[nH]1. The number of rotatable bonds is 5. The van der Waals surface area contributed by atoms with E-state index in [1.807, 2.05) is 30.5 Å². The molecule has 0 amide bonds. The van der Waals surface area contributed by atoms with Crippen molar-refractivity contribution in [3.05, 3.63) is 36.3 Å². The second kappa shape index (κ2) is 6.75. The van der Waals surface area contributed by atoms with E-state index < -0.39 is 0 Å². The molecule has 0 spiro atoms. The number of aromatic nitrogens is 3. The second-order valence-electron chi connectivity index (χ2n) is 6.48. The number of pyridine rings is 1. The molecule has 130 valence electrons. The van der Waals surface area contributed by atoms with Gasteiger partial charge in [0.25, 0.3) is 0 Å². The summed E-state index contributed by atoms with van der Waals surface area (Å²) in [5, 5.41) is 0. The fourth-order valence-electron chi connectivity index (χ4n) is 3.47. The van der Waals surface area contributed by atoms with Gasteiger partial charge in [0.1, 0.15) is 11.3 Å². The maximum absolute atomic E-state index is 6.22. The van der Waals surface area contributed by atoms with Gasteiger partial charge in [-0.15, -0.1) is 0 Å². The number of hydrogen-bond acceptors (Lipinski definition) is 4. The van der Waals surface area contributed by atoms with Gasteiger partial charge in [-0.3, -0.25) is 4.98 Å². The average Bonchev–Trinajstić information content (AvgIpc) is 3.30. The van der Waals surface area contributed by atoms with Gasteiger partial charge in [-0.05, 0) is 49.9 Å². The van der Waals surface area contributed by atoms with Gasteiger partial charge in [0, 0.05) is 18.2 Å². The largest absolute Gasteiger partial charge is 0.493 e. The lowest BCUT2D eigenvalue weighted by molar-refractivity contribution is 0.201. The van der Waals surface area contributed by atoms with E-state index >= 15 is 0 Å². The maximum atomic E-state index is 6.22. The van der Waals surface area contributed by atoms with Gasteiger partial charge in [-0.25, -0.2) is 4.98 Å². The van der Waals surface area contributed by atoms with Crippen LogP contribution in [-0.4, -0.2) is 28.2 Å². The number of fused-ring (bicyclic) bond motifs is 1. The van der Waals surface area contributed by atoms with Crippen LogP contribution in [0.3, 0.4) is 0 Å². The molecule has 5 heteroatoms. The Morgan fingerprint density at radius 3 is 2.76 bits per heavy atom. The number of methoxy groups -OCH3 is 1. The molecule has 0 bridgehead atoms. The van der Waals surface area contributed by atoms with E-state index in [1.165, 1.54) is 12.8 Å². The number of benzene rings is 1. The molecule has 5 nitrogen and oxygen atoms in total. The van der Waals surface area contributed by atoms with Crippen LogP contribution in [0.25, 0.3) is 22.3 Å². The highest BCUT2D eigenvalue weighted by Crippen LogP contribution is 2.36. The second-order valence-corrected chi connectivity index (χ2v) is 6.48. The predicted molar refractivity (Wildman–Crippen MR) is 98.1 cm³/mol. The Labute approximate surface area is 147 Å². The van der Waals surface area contributed by atoms with Crippen LogP contribution in [0, 0.1) is 0 Å². The lowest BCUT2D eigenvalue weighted by Gasteiger charge is -2.16. The number of aryl methyl sites for hydroxylation is 1. The highest BCUT2D eigenvalue weighted by Gasteiger charge is 2.19. The number of ether oxygens (including phenoxy) is 2. The van der Waals surface area contributed by atoms with Crippen molar-refractivity contribution in [3.8, 4) is 22.8 Å². The predicted octanol–water partition coefficient (Wildman–Crippen LogP) is 4.52. The van der Waals surface area contributed by atoms with Crippen molar-refractivity contribution in [2.45, 2.75) is 45.1 Å². The monoisotopic (exact) mass is 337 g/mol. The van der Waals surface area contributed by atoms with Crippen molar-refractivity contribution in [1.82, 2.24) is 15.0 Å². The molecule has 3 aromatic rings. The summed E-state index contributed by atoms with van der Waals surface area (Å²) in [6.07, 6.45) is 7.66. The lowest BCUT2D eigenvalue weighted by atomic mass is 10.1. The van der Waals surface area contributed by atoms with E-state index in [0.717, 1.165) is 58.9 Å². The Balaban J connectivity index is 1.76. The molecule has 1 aliphatic rings. The van der Waals surface area contributed by atoms with Gasteiger partial charge in [0.2, 0.25) is 0 Å². The molecule has 25 heavy (non-hydrogen) atoms. The van der Waals surface area contributed by atoms with Gasteiger partial charge in [0.05, 0.1) is 24.4 Å². The Hall–Kier alpha value is -2.56. The van der Waals surface area contributed by atoms with Gasteiger partial charge in [0.15, 0.2) is 11.5 Å². The Morgan fingerprint density at radius 1 is 1.16 bits per heavy atom. The van der Waals surface area contributed by atoms with Crippen LogP contribution in [0.1, 0.15) is 38.4 Å². The molecular formula is C20H23N3O2. The number of nitrogens with one attached hydrogen (secondary N) is 1. The maximum Gasteiger partial charge on any atom is 0.162 e. The van der Waals surface area contributed by atoms with Crippen molar-refractivity contribution in [3.63, 3.8) is 0 Å². The minimum absolute atomic E-state index is 0.282. The van der Waals surface area contributed by atoms with Crippen LogP contribution >= 0.6 is 0 Å². The van der Waals surface area contributed by atoms with E-state index in [0.29, 0.717) is 0 Å². The van der Waals surface area contributed by atoms with Crippen LogP contribution < -0.4 is 9.47 Å². The van der Waals surface area contributed by atoms with Crippen LogP contribution in [0.4, 0.5) is 0 Å². The van der Waals surface area contributed by atoms with Crippen molar-refractivity contribution >= 4 is 11.0 Å². The first-order chi connectivity index (χ1) is 12.3. The zero-order valence-corrected chi connectivity index (χ0v) is 14.7. The topological polar surface area (TPSA) is 60.0 Å². The summed E-state index contributed by atoms with van der Waals surface area (Å²) in [5.74, 6) is 2.52. The van der Waals surface area contributed by atoms with Gasteiger partial charge in [-0.2, -0.15) is 0 Å². The average molecular weight is 337 g/mol. The van der Waals surface area contributed by atoms with Crippen LogP contribution in [-0.2, 0) is 6.42 Å². The molecule has 1 N–H and O–H groups in total. The summed E-state index contributed by atoms with van der Waals surface area (Å²) >= 11 is 0. The van der Waals surface area contributed by atoms with Crippen molar-refractivity contribution < 1.29 is 9.47 Å². The zero-order chi connectivity index (χ0) is 17.2. The molecule has 1 saturated carbocycles. The summed E-state index contributed by atoms with van der Waals surface area (Å²) in [5.41, 5.74) is 3.77. The standard InChI is InChI=1S/C20H23N3O2/c1-3-18-22-15-10-11-21-19(20(15)23-18)13-8-9-16(24-2)17(12-13)25-14-6-4-5-7-14/h8-12,14H,3-7H2,1-2H3,(H,22,23). The fraction of sp³-hybridized carbons (Fsp3) is 0.400. The molecule has 2 heterocycles. The van der Waals surface area contributed by atoms with Crippen molar-refractivity contribution in [2.24, 2.45) is 0 Å². The summed E-state index contributed by atoms with van der Waals surface area (Å²) in [6, 6.07) is 7.96. The highest BCUT2D eigenvalue weighted by atomic mass is 16.5. The molecule has 0 aliphatic heterocycles. The third-order valence-corrected chi connectivity index (χ3v) is 4.82. The zero-order valence-electron chi connectivity index (χ0n) is 14.7. The number of nitrogens with zero attached hydrogens (tertiary/aromatic N) is 2. The van der Waals surface area contributed by atoms with Crippen LogP contribution in [0.5, 0.6) is 11.5 Å². The number of aromatic amines is 1. The van der Waals surface area contributed by atoms with Crippen molar-refractivity contribution in [1.29, 1.82) is 0 Å². The lowest BCUT2D eigenvalue weighted by Crippen LogP contribution is -2.11. The minimum Gasteiger partial charge on any atom is -0.493 e. The number of H-pyrrole nitrogens is 1. The molecule has 4 rings (SSSR count). The summed E-state index contributed by atoms with van der Waals surface area (Å²) in [7, 11) is 1.68. The number of imidazole rings is 1. The molecule has 0 radical (unpaired) electrons.